The summed E-state index contributed by atoms with van der Waals surface area (Å²) in [7, 11) is 0. The third-order valence-corrected chi connectivity index (χ3v) is 2.53. The third-order valence-electron chi connectivity index (χ3n) is 2.53. The second-order valence-electron chi connectivity index (χ2n) is 3.84. The minimum Gasteiger partial charge on any atom is -0.369 e. The second kappa shape index (κ2) is 5.85. The van der Waals surface area contributed by atoms with Gasteiger partial charge in [0, 0.05) is 19.2 Å². The van der Waals surface area contributed by atoms with Crippen LogP contribution in [0, 0.1) is 15.9 Å². The van der Waals surface area contributed by atoms with Gasteiger partial charge in [0.2, 0.25) is 0 Å². The van der Waals surface area contributed by atoms with Gasteiger partial charge in [-0.25, -0.2) is 4.39 Å². The lowest BCUT2D eigenvalue weighted by atomic mass is 10.2. The Labute approximate surface area is 106 Å². The number of benzene rings is 1. The molecule has 0 radical (unpaired) electrons. The van der Waals surface area contributed by atoms with E-state index in [-0.39, 0.29) is 12.2 Å². The van der Waals surface area contributed by atoms with Gasteiger partial charge in [-0.05, 0) is 13.0 Å². The van der Waals surface area contributed by atoms with Gasteiger partial charge in [-0.1, -0.05) is 0 Å². The maximum Gasteiger partial charge on any atom is 0.390 e. The first-order valence-electron chi connectivity index (χ1n) is 5.50. The van der Waals surface area contributed by atoms with Gasteiger partial charge in [-0.2, -0.15) is 13.2 Å². The molecule has 1 rings (SSSR count). The number of halogens is 4. The highest BCUT2D eigenvalue weighted by Gasteiger charge is 2.28. The maximum absolute atomic E-state index is 13.6. The summed E-state index contributed by atoms with van der Waals surface area (Å²) >= 11 is 0. The van der Waals surface area contributed by atoms with Crippen LogP contribution in [0.3, 0.4) is 0 Å². The quantitative estimate of drug-likeness (QED) is 0.471. The number of nitro benzene ring substituents is 1. The molecule has 19 heavy (non-hydrogen) atoms. The summed E-state index contributed by atoms with van der Waals surface area (Å²) in [5, 5.41) is 10.4. The highest BCUT2D eigenvalue weighted by Crippen LogP contribution is 2.26. The molecule has 0 unspecified atom stereocenters. The summed E-state index contributed by atoms with van der Waals surface area (Å²) in [5.74, 6) is -0.904. The van der Waals surface area contributed by atoms with Gasteiger partial charge in [-0.15, -0.1) is 0 Å². The predicted molar refractivity (Wildman–Crippen MR) is 61.6 cm³/mol. The van der Waals surface area contributed by atoms with E-state index in [1.807, 2.05) is 0 Å². The van der Waals surface area contributed by atoms with Crippen molar-refractivity contribution in [1.29, 1.82) is 0 Å². The Morgan fingerprint density at radius 3 is 2.42 bits per heavy atom. The summed E-state index contributed by atoms with van der Waals surface area (Å²) in [6.45, 7) is 1.36. The number of non-ortho nitro benzene ring substituents is 1. The highest BCUT2D eigenvalue weighted by molar-refractivity contribution is 5.52. The van der Waals surface area contributed by atoms with Crippen molar-refractivity contribution in [2.45, 2.75) is 19.5 Å². The van der Waals surface area contributed by atoms with Crippen LogP contribution in [0.5, 0.6) is 0 Å². The molecule has 0 heterocycles. The summed E-state index contributed by atoms with van der Waals surface area (Å²) in [5.41, 5.74) is -0.509. The van der Waals surface area contributed by atoms with Gasteiger partial charge in [0.1, 0.15) is 0 Å². The smallest absolute Gasteiger partial charge is 0.369 e. The van der Waals surface area contributed by atoms with E-state index in [4.69, 9.17) is 0 Å². The lowest BCUT2D eigenvalue weighted by Crippen LogP contribution is -2.28. The van der Waals surface area contributed by atoms with Crippen molar-refractivity contribution >= 4 is 11.4 Å². The number of nitro groups is 1. The van der Waals surface area contributed by atoms with Crippen molar-refractivity contribution in [3.05, 3.63) is 34.1 Å². The topological polar surface area (TPSA) is 46.4 Å². The largest absolute Gasteiger partial charge is 0.390 e. The highest BCUT2D eigenvalue weighted by atomic mass is 19.4. The molecular weight excluding hydrogens is 268 g/mol. The van der Waals surface area contributed by atoms with Gasteiger partial charge >= 0.3 is 6.18 Å². The number of anilines is 1. The number of alkyl halides is 3. The summed E-state index contributed by atoms with van der Waals surface area (Å²) in [6, 6.07) is 2.88. The lowest BCUT2D eigenvalue weighted by molar-refractivity contribution is -0.385. The molecule has 1 aromatic carbocycles. The molecule has 0 aliphatic carbocycles. The molecule has 0 atom stereocenters. The van der Waals surface area contributed by atoms with Crippen LogP contribution < -0.4 is 4.90 Å². The average molecular weight is 280 g/mol. The monoisotopic (exact) mass is 280 g/mol. The Bertz CT molecular complexity index is 462. The molecule has 0 fully saturated rings. The fourth-order valence-corrected chi connectivity index (χ4v) is 1.58. The number of nitrogens with zero attached hydrogens (tertiary/aromatic N) is 2. The molecule has 0 bridgehead atoms. The summed E-state index contributed by atoms with van der Waals surface area (Å²) in [4.78, 5) is 10.9. The number of hydrogen-bond donors (Lipinski definition) is 0. The molecule has 106 valence electrons. The molecule has 0 aromatic heterocycles. The van der Waals surface area contributed by atoms with E-state index in [0.717, 1.165) is 12.1 Å². The number of rotatable bonds is 5. The van der Waals surface area contributed by atoms with Crippen LogP contribution in [-0.2, 0) is 0 Å². The van der Waals surface area contributed by atoms with Crippen LogP contribution >= 0.6 is 0 Å². The predicted octanol–water partition coefficient (Wildman–Crippen LogP) is 3.51. The first-order valence-corrected chi connectivity index (χ1v) is 5.50. The molecule has 0 saturated heterocycles. The molecule has 1 aromatic rings. The third kappa shape index (κ3) is 4.38. The van der Waals surface area contributed by atoms with Crippen LogP contribution in [0.4, 0.5) is 28.9 Å². The minimum absolute atomic E-state index is 0.0719. The van der Waals surface area contributed by atoms with Crippen molar-refractivity contribution < 1.29 is 22.5 Å². The van der Waals surface area contributed by atoms with Gasteiger partial charge in [-0.3, -0.25) is 10.1 Å². The van der Waals surface area contributed by atoms with E-state index in [1.54, 1.807) is 6.92 Å². The zero-order valence-corrected chi connectivity index (χ0v) is 10.1. The normalized spacial score (nSPS) is 11.4. The fraction of sp³-hybridized carbons (Fsp3) is 0.455. The fourth-order valence-electron chi connectivity index (χ4n) is 1.58. The Morgan fingerprint density at radius 1 is 1.37 bits per heavy atom. The van der Waals surface area contributed by atoms with Crippen LogP contribution in [0.1, 0.15) is 13.3 Å². The van der Waals surface area contributed by atoms with E-state index in [0.29, 0.717) is 6.07 Å². The molecule has 8 heteroatoms. The van der Waals surface area contributed by atoms with Crippen molar-refractivity contribution in [2.75, 3.05) is 18.0 Å². The Kier molecular flexibility index (Phi) is 4.68. The molecule has 0 aliphatic heterocycles. The standard InChI is InChI=1S/C11H12F4N2O2/c1-2-16(6-5-11(13,14)15)10-4-3-8(17(18)19)7-9(10)12/h3-4,7H,2,5-6H2,1H3. The van der Waals surface area contributed by atoms with E-state index >= 15 is 0 Å². The van der Waals surface area contributed by atoms with Gasteiger partial charge in [0.15, 0.2) is 5.82 Å². The van der Waals surface area contributed by atoms with E-state index in [1.165, 1.54) is 4.90 Å². The van der Waals surface area contributed by atoms with Crippen molar-refractivity contribution in [2.24, 2.45) is 0 Å². The molecule has 0 N–H and O–H groups in total. The molecular formula is C11H12F4N2O2. The summed E-state index contributed by atoms with van der Waals surface area (Å²) < 4.78 is 50.0. The molecule has 0 spiro atoms. The SMILES string of the molecule is CCN(CCC(F)(F)F)c1ccc([N+](=O)[O-])cc1F. The molecule has 4 nitrogen and oxygen atoms in total. The van der Waals surface area contributed by atoms with E-state index in [2.05, 4.69) is 0 Å². The van der Waals surface area contributed by atoms with E-state index < -0.39 is 35.6 Å². The van der Waals surface area contributed by atoms with Crippen LogP contribution in [0.2, 0.25) is 0 Å². The van der Waals surface area contributed by atoms with Crippen LogP contribution in [0.15, 0.2) is 18.2 Å². The molecule has 0 saturated carbocycles. The summed E-state index contributed by atoms with van der Waals surface area (Å²) in [6.07, 6.45) is -5.40. The van der Waals surface area contributed by atoms with Crippen LogP contribution in [0.25, 0.3) is 0 Å². The van der Waals surface area contributed by atoms with Crippen molar-refractivity contribution in [3.8, 4) is 0 Å². The minimum atomic E-state index is -4.33. The van der Waals surface area contributed by atoms with Gasteiger partial charge in [0.25, 0.3) is 5.69 Å². The van der Waals surface area contributed by atoms with Crippen molar-refractivity contribution in [1.82, 2.24) is 0 Å². The first kappa shape index (κ1) is 15.2. The zero-order valence-electron chi connectivity index (χ0n) is 10.1. The number of hydrogen-bond acceptors (Lipinski definition) is 3. The molecule has 0 amide bonds. The van der Waals surface area contributed by atoms with Gasteiger partial charge in [0.05, 0.1) is 23.1 Å². The Hall–Kier alpha value is -1.86. The van der Waals surface area contributed by atoms with Gasteiger partial charge < -0.3 is 4.90 Å². The van der Waals surface area contributed by atoms with E-state index in [9.17, 15) is 27.7 Å². The lowest BCUT2D eigenvalue weighted by Gasteiger charge is -2.24. The second-order valence-corrected chi connectivity index (χ2v) is 3.84. The Morgan fingerprint density at radius 2 is 2.00 bits per heavy atom. The average Bonchev–Trinajstić information content (AvgIpc) is 2.29. The first-order chi connectivity index (χ1) is 8.74. The maximum atomic E-state index is 13.6. The Balaban J connectivity index is 2.90. The zero-order chi connectivity index (χ0) is 14.6. The molecule has 0 aliphatic rings. The van der Waals surface area contributed by atoms with Crippen LogP contribution in [-0.4, -0.2) is 24.2 Å². The van der Waals surface area contributed by atoms with Crippen molar-refractivity contribution in [3.63, 3.8) is 0 Å².